The highest BCUT2D eigenvalue weighted by Crippen LogP contribution is 2.27. The van der Waals surface area contributed by atoms with Crippen molar-refractivity contribution < 1.29 is 0 Å². The number of likely N-dealkylation sites (tertiary alicyclic amines) is 1. The van der Waals surface area contributed by atoms with Gasteiger partial charge in [0.25, 0.3) is 0 Å². The molecule has 20 heavy (non-hydrogen) atoms. The van der Waals surface area contributed by atoms with Gasteiger partial charge in [-0.15, -0.1) is 0 Å². The zero-order valence-corrected chi connectivity index (χ0v) is 14.9. The third-order valence-electron chi connectivity index (χ3n) is 4.68. The summed E-state index contributed by atoms with van der Waals surface area (Å²) in [6.45, 7) is 10.4. The Hall–Kier alpha value is -0.350. The minimum absolute atomic E-state index is 0.824. The van der Waals surface area contributed by atoms with Crippen molar-refractivity contribution >= 4 is 15.9 Å². The zero-order valence-electron chi connectivity index (χ0n) is 13.3. The lowest BCUT2D eigenvalue weighted by molar-refractivity contribution is 0.258. The van der Waals surface area contributed by atoms with E-state index in [4.69, 9.17) is 0 Å². The maximum absolute atomic E-state index is 4.60. The summed E-state index contributed by atoms with van der Waals surface area (Å²) in [5.41, 5.74) is 2.50. The Bertz CT molecular complexity index is 439. The van der Waals surface area contributed by atoms with E-state index < -0.39 is 0 Å². The first-order chi connectivity index (χ1) is 9.52. The smallest absolute Gasteiger partial charge is 0.0767 e. The van der Waals surface area contributed by atoms with Crippen LogP contribution in [0.25, 0.3) is 0 Å². The molecule has 1 aliphatic rings. The lowest BCUT2D eigenvalue weighted by atomic mass is 9.89. The van der Waals surface area contributed by atoms with Gasteiger partial charge in [-0.3, -0.25) is 9.58 Å². The summed E-state index contributed by atoms with van der Waals surface area (Å²) in [5.74, 6) is 1.73. The molecule has 3 nitrogen and oxygen atoms in total. The van der Waals surface area contributed by atoms with E-state index in [9.17, 15) is 0 Å². The summed E-state index contributed by atoms with van der Waals surface area (Å²) in [6.07, 6.45) is 5.05. The largest absolute Gasteiger partial charge is 0.297 e. The standard InChI is InChI=1S/C16H28BrN3/c1-5-14-16(17)15(19(4)18-14)11-20-9-6-7-13(8-10-20)12(2)3/h12-13H,5-11H2,1-4H3. The molecular weight excluding hydrogens is 314 g/mol. The first-order valence-corrected chi connectivity index (χ1v) is 8.74. The molecule has 1 aromatic rings. The molecule has 1 unspecified atom stereocenters. The fraction of sp³-hybridized carbons (Fsp3) is 0.812. The highest BCUT2D eigenvalue weighted by molar-refractivity contribution is 9.10. The number of rotatable bonds is 4. The lowest BCUT2D eigenvalue weighted by Crippen LogP contribution is -2.26. The summed E-state index contributed by atoms with van der Waals surface area (Å²) in [4.78, 5) is 2.60. The molecule has 1 aromatic heterocycles. The minimum Gasteiger partial charge on any atom is -0.297 e. The van der Waals surface area contributed by atoms with Gasteiger partial charge in [-0.1, -0.05) is 20.8 Å². The fourth-order valence-electron chi connectivity index (χ4n) is 3.21. The average molecular weight is 342 g/mol. The van der Waals surface area contributed by atoms with E-state index >= 15 is 0 Å². The van der Waals surface area contributed by atoms with Crippen LogP contribution >= 0.6 is 15.9 Å². The summed E-state index contributed by atoms with van der Waals surface area (Å²) < 4.78 is 3.26. The SMILES string of the molecule is CCc1nn(C)c(CN2CCCC(C(C)C)CC2)c1Br. The van der Waals surface area contributed by atoms with Gasteiger partial charge in [0.05, 0.1) is 15.9 Å². The van der Waals surface area contributed by atoms with Crippen molar-refractivity contribution in [2.75, 3.05) is 13.1 Å². The third-order valence-corrected chi connectivity index (χ3v) is 5.60. The van der Waals surface area contributed by atoms with Crippen LogP contribution in [-0.2, 0) is 20.0 Å². The van der Waals surface area contributed by atoms with Crippen molar-refractivity contribution in [3.05, 3.63) is 15.9 Å². The van der Waals surface area contributed by atoms with Crippen LogP contribution in [0.3, 0.4) is 0 Å². The maximum atomic E-state index is 4.60. The van der Waals surface area contributed by atoms with E-state index in [1.54, 1.807) is 0 Å². The number of hydrogen-bond acceptors (Lipinski definition) is 2. The molecule has 1 saturated heterocycles. The zero-order chi connectivity index (χ0) is 14.7. The van der Waals surface area contributed by atoms with Crippen molar-refractivity contribution in [3.63, 3.8) is 0 Å². The quantitative estimate of drug-likeness (QED) is 0.825. The fourth-order valence-corrected chi connectivity index (χ4v) is 3.95. The molecule has 0 aromatic carbocycles. The second kappa shape index (κ2) is 7.08. The molecule has 0 amide bonds. The summed E-state index contributed by atoms with van der Waals surface area (Å²) in [5, 5.41) is 4.60. The van der Waals surface area contributed by atoms with Crippen molar-refractivity contribution in [2.45, 2.75) is 53.0 Å². The number of aromatic nitrogens is 2. The van der Waals surface area contributed by atoms with Gasteiger partial charge in [0, 0.05) is 13.6 Å². The topological polar surface area (TPSA) is 21.1 Å². The molecule has 0 aliphatic carbocycles. The molecule has 1 atom stereocenters. The number of hydrogen-bond donors (Lipinski definition) is 0. The Balaban J connectivity index is 2.02. The number of aryl methyl sites for hydroxylation is 2. The number of halogens is 1. The van der Waals surface area contributed by atoms with E-state index in [0.717, 1.165) is 24.8 Å². The Morgan fingerprint density at radius 1 is 1.30 bits per heavy atom. The molecule has 114 valence electrons. The van der Waals surface area contributed by atoms with Crippen molar-refractivity contribution in [1.82, 2.24) is 14.7 Å². The van der Waals surface area contributed by atoms with Crippen LogP contribution in [0.4, 0.5) is 0 Å². The minimum atomic E-state index is 0.824. The Morgan fingerprint density at radius 3 is 2.65 bits per heavy atom. The Kier molecular flexibility index (Phi) is 5.67. The molecule has 1 fully saturated rings. The van der Waals surface area contributed by atoms with Crippen LogP contribution < -0.4 is 0 Å². The van der Waals surface area contributed by atoms with Gasteiger partial charge in [0.15, 0.2) is 0 Å². The van der Waals surface area contributed by atoms with Crippen LogP contribution in [0.15, 0.2) is 4.47 Å². The van der Waals surface area contributed by atoms with Gasteiger partial charge in [0.1, 0.15) is 0 Å². The Morgan fingerprint density at radius 2 is 2.05 bits per heavy atom. The molecule has 0 radical (unpaired) electrons. The molecular formula is C16H28BrN3. The van der Waals surface area contributed by atoms with Gasteiger partial charge >= 0.3 is 0 Å². The van der Waals surface area contributed by atoms with Crippen molar-refractivity contribution in [3.8, 4) is 0 Å². The van der Waals surface area contributed by atoms with Gasteiger partial charge in [-0.2, -0.15) is 5.10 Å². The van der Waals surface area contributed by atoms with E-state index in [2.05, 4.69) is 53.7 Å². The van der Waals surface area contributed by atoms with Gasteiger partial charge in [-0.25, -0.2) is 0 Å². The molecule has 4 heteroatoms. The predicted octanol–water partition coefficient (Wildman–Crippen LogP) is 4.00. The Labute approximate surface area is 131 Å². The lowest BCUT2D eigenvalue weighted by Gasteiger charge is -2.21. The molecule has 2 rings (SSSR count). The first-order valence-electron chi connectivity index (χ1n) is 7.95. The molecule has 2 heterocycles. The number of nitrogens with zero attached hydrogens (tertiary/aromatic N) is 3. The van der Waals surface area contributed by atoms with Crippen LogP contribution in [0.5, 0.6) is 0 Å². The molecule has 0 saturated carbocycles. The van der Waals surface area contributed by atoms with Crippen molar-refractivity contribution in [2.24, 2.45) is 18.9 Å². The molecule has 1 aliphatic heterocycles. The summed E-state index contributed by atoms with van der Waals surface area (Å²) in [7, 11) is 2.06. The maximum Gasteiger partial charge on any atom is 0.0767 e. The average Bonchev–Trinajstić information content (AvgIpc) is 2.60. The van der Waals surface area contributed by atoms with Crippen molar-refractivity contribution in [1.29, 1.82) is 0 Å². The highest BCUT2D eigenvalue weighted by Gasteiger charge is 2.21. The predicted molar refractivity (Wildman–Crippen MR) is 87.7 cm³/mol. The third kappa shape index (κ3) is 3.64. The molecule has 0 N–H and O–H groups in total. The van der Waals surface area contributed by atoms with E-state index in [1.807, 2.05) is 4.68 Å². The monoisotopic (exact) mass is 341 g/mol. The van der Waals surface area contributed by atoms with Gasteiger partial charge in [-0.05, 0) is 66.5 Å². The van der Waals surface area contributed by atoms with Crippen LogP contribution in [-0.4, -0.2) is 27.8 Å². The van der Waals surface area contributed by atoms with E-state index in [1.165, 1.54) is 48.2 Å². The molecule has 0 spiro atoms. The molecule has 0 bridgehead atoms. The van der Waals surface area contributed by atoms with Gasteiger partial charge in [0.2, 0.25) is 0 Å². The second-order valence-electron chi connectivity index (χ2n) is 6.40. The summed E-state index contributed by atoms with van der Waals surface area (Å²) >= 11 is 3.73. The van der Waals surface area contributed by atoms with E-state index in [0.29, 0.717) is 0 Å². The summed E-state index contributed by atoms with van der Waals surface area (Å²) in [6, 6.07) is 0. The van der Waals surface area contributed by atoms with Crippen LogP contribution in [0.1, 0.15) is 51.4 Å². The first kappa shape index (κ1) is 16.0. The van der Waals surface area contributed by atoms with Gasteiger partial charge < -0.3 is 0 Å². The second-order valence-corrected chi connectivity index (χ2v) is 7.19. The normalized spacial score (nSPS) is 21.4. The van der Waals surface area contributed by atoms with Crippen LogP contribution in [0, 0.1) is 11.8 Å². The van der Waals surface area contributed by atoms with Crippen LogP contribution in [0.2, 0.25) is 0 Å². The highest BCUT2D eigenvalue weighted by atomic mass is 79.9. The van der Waals surface area contributed by atoms with E-state index in [-0.39, 0.29) is 0 Å².